The van der Waals surface area contributed by atoms with E-state index in [-0.39, 0.29) is 17.2 Å². The topological polar surface area (TPSA) is 58.2 Å². The Morgan fingerprint density at radius 2 is 2.13 bits per heavy atom. The number of sulfonamides is 1. The van der Waals surface area contributed by atoms with Gasteiger partial charge in [0.15, 0.2) is 0 Å². The molecule has 1 aliphatic rings. The fourth-order valence-corrected chi connectivity index (χ4v) is 2.56. The Hall–Kier alpha value is -0.130. The first-order valence-corrected chi connectivity index (χ1v) is 7.23. The Kier molecular flexibility index (Phi) is 4.14. The van der Waals surface area contributed by atoms with E-state index in [2.05, 4.69) is 23.9 Å². The number of nitrogens with one attached hydrogen (secondary N) is 2. The van der Waals surface area contributed by atoms with Crippen molar-refractivity contribution in [3.63, 3.8) is 0 Å². The molecule has 2 N–H and O–H groups in total. The van der Waals surface area contributed by atoms with Crippen LogP contribution in [-0.4, -0.2) is 33.3 Å². The van der Waals surface area contributed by atoms with E-state index in [0.29, 0.717) is 6.54 Å². The third-order valence-electron chi connectivity index (χ3n) is 3.22. The highest BCUT2D eigenvalue weighted by Gasteiger charge is 2.32. The average molecular weight is 234 g/mol. The van der Waals surface area contributed by atoms with Gasteiger partial charge in [-0.05, 0) is 31.7 Å². The molecule has 1 unspecified atom stereocenters. The van der Waals surface area contributed by atoms with Crippen LogP contribution in [0.4, 0.5) is 0 Å². The van der Waals surface area contributed by atoms with Gasteiger partial charge in [-0.25, -0.2) is 13.1 Å². The van der Waals surface area contributed by atoms with Crippen LogP contribution >= 0.6 is 0 Å². The smallest absolute Gasteiger partial charge is 0.211 e. The highest BCUT2D eigenvalue weighted by Crippen LogP contribution is 2.29. The van der Waals surface area contributed by atoms with Gasteiger partial charge in [0, 0.05) is 12.6 Å². The Labute approximate surface area is 92.9 Å². The summed E-state index contributed by atoms with van der Waals surface area (Å²) in [5, 5.41) is 3.38. The summed E-state index contributed by atoms with van der Waals surface area (Å²) in [6, 6.07) is 0.243. The van der Waals surface area contributed by atoms with Crippen molar-refractivity contribution in [2.24, 2.45) is 5.41 Å². The lowest BCUT2D eigenvalue weighted by atomic mass is 9.78. The second-order valence-electron chi connectivity index (χ2n) is 4.85. The maximum Gasteiger partial charge on any atom is 0.211 e. The zero-order chi connectivity index (χ0) is 11.5. The van der Waals surface area contributed by atoms with Gasteiger partial charge in [0.05, 0.1) is 5.75 Å². The molecule has 0 aromatic carbocycles. The van der Waals surface area contributed by atoms with E-state index in [0.717, 1.165) is 13.0 Å². The molecule has 1 atom stereocenters. The van der Waals surface area contributed by atoms with Crippen LogP contribution in [0.3, 0.4) is 0 Å². The van der Waals surface area contributed by atoms with Crippen LogP contribution in [0.2, 0.25) is 0 Å². The van der Waals surface area contributed by atoms with Gasteiger partial charge in [-0.1, -0.05) is 13.8 Å². The van der Waals surface area contributed by atoms with E-state index >= 15 is 0 Å². The van der Waals surface area contributed by atoms with E-state index < -0.39 is 10.0 Å². The second kappa shape index (κ2) is 4.80. The normalized spacial score (nSPS) is 26.5. The van der Waals surface area contributed by atoms with Gasteiger partial charge >= 0.3 is 0 Å². The van der Waals surface area contributed by atoms with Gasteiger partial charge in [0.1, 0.15) is 0 Å². The number of hydrogen-bond acceptors (Lipinski definition) is 3. The Bertz CT molecular complexity index is 299. The fourth-order valence-electron chi connectivity index (χ4n) is 1.93. The molecule has 0 amide bonds. The van der Waals surface area contributed by atoms with Crippen LogP contribution in [0.15, 0.2) is 0 Å². The molecule has 0 radical (unpaired) electrons. The van der Waals surface area contributed by atoms with Crippen LogP contribution in [0.1, 0.15) is 33.6 Å². The van der Waals surface area contributed by atoms with Crippen molar-refractivity contribution in [2.75, 3.05) is 18.8 Å². The van der Waals surface area contributed by atoms with E-state index in [9.17, 15) is 8.42 Å². The molecule has 0 aromatic rings. The van der Waals surface area contributed by atoms with Crippen molar-refractivity contribution in [3.05, 3.63) is 0 Å². The molecule has 5 heteroatoms. The summed E-state index contributed by atoms with van der Waals surface area (Å²) >= 11 is 0. The monoisotopic (exact) mass is 234 g/mol. The molecule has 1 fully saturated rings. The summed E-state index contributed by atoms with van der Waals surface area (Å²) in [5.74, 6) is 0.153. The van der Waals surface area contributed by atoms with Crippen LogP contribution in [0.25, 0.3) is 0 Å². The first-order valence-electron chi connectivity index (χ1n) is 5.58. The second-order valence-corrected chi connectivity index (χ2v) is 6.95. The summed E-state index contributed by atoms with van der Waals surface area (Å²) in [6.07, 6.45) is 2.32. The largest absolute Gasteiger partial charge is 0.312 e. The molecule has 1 aliphatic heterocycles. The molecule has 90 valence electrons. The van der Waals surface area contributed by atoms with Crippen LogP contribution in [-0.2, 0) is 10.0 Å². The maximum absolute atomic E-state index is 11.3. The molecule has 4 nitrogen and oxygen atoms in total. The molecule has 1 heterocycles. The predicted octanol–water partition coefficient (Wildman–Crippen LogP) is 0.704. The zero-order valence-corrected chi connectivity index (χ0v) is 10.7. The minimum absolute atomic E-state index is 0.153. The van der Waals surface area contributed by atoms with Gasteiger partial charge in [-0.2, -0.15) is 0 Å². The molecular weight excluding hydrogens is 212 g/mol. The summed E-state index contributed by atoms with van der Waals surface area (Å²) in [5.41, 5.74) is 0.175. The quantitative estimate of drug-likeness (QED) is 0.753. The minimum atomic E-state index is -3.06. The zero-order valence-electron chi connectivity index (χ0n) is 9.84. The molecule has 0 aliphatic carbocycles. The van der Waals surface area contributed by atoms with E-state index in [1.54, 1.807) is 6.92 Å². The van der Waals surface area contributed by atoms with E-state index in [1.165, 1.54) is 6.42 Å². The fraction of sp³-hybridized carbons (Fsp3) is 1.00. The molecule has 0 saturated carbocycles. The molecule has 1 rings (SSSR count). The Morgan fingerprint density at radius 3 is 2.67 bits per heavy atom. The van der Waals surface area contributed by atoms with Gasteiger partial charge in [0.2, 0.25) is 10.0 Å². The average Bonchev–Trinajstić information content (AvgIpc) is 2.16. The Morgan fingerprint density at radius 1 is 1.47 bits per heavy atom. The number of hydrogen-bond donors (Lipinski definition) is 2. The van der Waals surface area contributed by atoms with Gasteiger partial charge in [0.25, 0.3) is 0 Å². The molecule has 0 aromatic heterocycles. The van der Waals surface area contributed by atoms with Crippen molar-refractivity contribution in [3.8, 4) is 0 Å². The Balaban J connectivity index is 2.50. The number of rotatable bonds is 4. The minimum Gasteiger partial charge on any atom is -0.312 e. The standard InChI is InChI=1S/C10H22N2O2S/c1-4-15(13,14)12-8-9-10(2,3)6-5-7-11-9/h9,11-12H,4-8H2,1-3H3. The van der Waals surface area contributed by atoms with Gasteiger partial charge in [-0.15, -0.1) is 0 Å². The molecule has 0 spiro atoms. The molecule has 0 bridgehead atoms. The van der Waals surface area contributed by atoms with Gasteiger partial charge < -0.3 is 5.32 Å². The summed E-state index contributed by atoms with van der Waals surface area (Å²) in [7, 11) is -3.06. The highest BCUT2D eigenvalue weighted by molar-refractivity contribution is 7.89. The maximum atomic E-state index is 11.3. The lowest BCUT2D eigenvalue weighted by Gasteiger charge is -2.39. The van der Waals surface area contributed by atoms with Crippen molar-refractivity contribution in [1.29, 1.82) is 0 Å². The van der Waals surface area contributed by atoms with Gasteiger partial charge in [-0.3, -0.25) is 0 Å². The lowest BCUT2D eigenvalue weighted by molar-refractivity contribution is 0.182. The van der Waals surface area contributed by atoms with Crippen LogP contribution < -0.4 is 10.0 Å². The van der Waals surface area contributed by atoms with Crippen LogP contribution in [0.5, 0.6) is 0 Å². The van der Waals surface area contributed by atoms with Crippen molar-refractivity contribution >= 4 is 10.0 Å². The third-order valence-corrected chi connectivity index (χ3v) is 4.59. The third kappa shape index (κ3) is 3.74. The van der Waals surface area contributed by atoms with Crippen molar-refractivity contribution in [2.45, 2.75) is 39.7 Å². The SMILES string of the molecule is CCS(=O)(=O)NCC1NCCCC1(C)C. The van der Waals surface area contributed by atoms with E-state index in [4.69, 9.17) is 0 Å². The summed E-state index contributed by atoms with van der Waals surface area (Å²) < 4.78 is 25.3. The van der Waals surface area contributed by atoms with Crippen molar-refractivity contribution in [1.82, 2.24) is 10.0 Å². The highest BCUT2D eigenvalue weighted by atomic mass is 32.2. The van der Waals surface area contributed by atoms with E-state index in [1.807, 2.05) is 0 Å². The predicted molar refractivity (Wildman–Crippen MR) is 62.3 cm³/mol. The molecular formula is C10H22N2O2S. The number of piperidine rings is 1. The molecule has 15 heavy (non-hydrogen) atoms. The lowest BCUT2D eigenvalue weighted by Crippen LogP contribution is -2.52. The van der Waals surface area contributed by atoms with Crippen molar-refractivity contribution < 1.29 is 8.42 Å². The summed E-state index contributed by atoms with van der Waals surface area (Å²) in [6.45, 7) is 7.51. The first kappa shape index (κ1) is 12.9. The van der Waals surface area contributed by atoms with Crippen LogP contribution in [0, 0.1) is 5.41 Å². The summed E-state index contributed by atoms with van der Waals surface area (Å²) in [4.78, 5) is 0. The first-order chi connectivity index (χ1) is 6.87. The molecule has 1 saturated heterocycles.